The van der Waals surface area contributed by atoms with Gasteiger partial charge in [-0.05, 0) is 97.7 Å². The number of aromatic nitrogens is 1. The highest BCUT2D eigenvalue weighted by Gasteiger charge is 2.20. The van der Waals surface area contributed by atoms with Gasteiger partial charge in [0.25, 0.3) is 0 Å². The Morgan fingerprint density at radius 3 is 1.77 bits per heavy atom. The van der Waals surface area contributed by atoms with E-state index in [1.54, 1.807) is 0 Å². The van der Waals surface area contributed by atoms with Crippen molar-refractivity contribution in [1.82, 2.24) is 0 Å². The summed E-state index contributed by atoms with van der Waals surface area (Å²) in [6.45, 7) is 13.3. The summed E-state index contributed by atoms with van der Waals surface area (Å²) in [4.78, 5) is 0. The standard InChI is InChI=1S/C30H32N/c1-19-11-8-9-14-25(19)26-16-27(23(5)15-22(26)4)29-17-28(24(6)18-31(29)7)30-20(2)12-10-13-21(30)3/h8-18H,1-7H3/q+1. The Hall–Kier alpha value is -3.19. The van der Waals surface area contributed by atoms with Crippen molar-refractivity contribution >= 4 is 0 Å². The molecule has 0 bridgehead atoms. The third kappa shape index (κ3) is 3.81. The van der Waals surface area contributed by atoms with Crippen LogP contribution in [0.1, 0.15) is 33.4 Å². The maximum absolute atomic E-state index is 2.38. The largest absolute Gasteiger partial charge is 0.213 e. The maximum Gasteiger partial charge on any atom is 0.213 e. The summed E-state index contributed by atoms with van der Waals surface area (Å²) in [5.41, 5.74) is 15.7. The molecule has 31 heavy (non-hydrogen) atoms. The van der Waals surface area contributed by atoms with E-state index >= 15 is 0 Å². The Balaban J connectivity index is 1.97. The number of hydrogen-bond donors (Lipinski definition) is 0. The number of benzene rings is 3. The van der Waals surface area contributed by atoms with Crippen LogP contribution in [0.2, 0.25) is 0 Å². The summed E-state index contributed by atoms with van der Waals surface area (Å²) in [7, 11) is 2.16. The molecule has 0 unspecified atom stereocenters. The van der Waals surface area contributed by atoms with Crippen LogP contribution in [0, 0.1) is 41.5 Å². The molecule has 1 aromatic heterocycles. The normalized spacial score (nSPS) is 11.1. The van der Waals surface area contributed by atoms with Crippen LogP contribution in [0.15, 0.2) is 66.9 Å². The summed E-state index contributed by atoms with van der Waals surface area (Å²) >= 11 is 0. The van der Waals surface area contributed by atoms with Crippen LogP contribution in [0.5, 0.6) is 0 Å². The zero-order valence-corrected chi connectivity index (χ0v) is 19.8. The highest BCUT2D eigenvalue weighted by molar-refractivity contribution is 5.80. The lowest BCUT2D eigenvalue weighted by Gasteiger charge is -2.16. The summed E-state index contributed by atoms with van der Waals surface area (Å²) in [5, 5.41) is 0. The van der Waals surface area contributed by atoms with Crippen LogP contribution in [0.3, 0.4) is 0 Å². The number of pyridine rings is 1. The van der Waals surface area contributed by atoms with Crippen molar-refractivity contribution in [1.29, 1.82) is 0 Å². The fourth-order valence-corrected chi connectivity index (χ4v) is 4.85. The van der Waals surface area contributed by atoms with E-state index in [2.05, 4.69) is 120 Å². The molecule has 3 aromatic carbocycles. The molecule has 1 heterocycles. The molecule has 0 amide bonds. The Bertz CT molecular complexity index is 1270. The van der Waals surface area contributed by atoms with Gasteiger partial charge in [-0.25, -0.2) is 4.57 Å². The molecular weight excluding hydrogens is 374 g/mol. The molecule has 0 aliphatic rings. The predicted molar refractivity (Wildman–Crippen MR) is 132 cm³/mol. The summed E-state index contributed by atoms with van der Waals surface area (Å²) in [6, 6.07) is 22.3. The first-order chi connectivity index (χ1) is 14.8. The number of nitrogens with zero attached hydrogens (tertiary/aromatic N) is 1. The van der Waals surface area contributed by atoms with Crippen molar-refractivity contribution in [2.45, 2.75) is 41.5 Å². The lowest BCUT2D eigenvalue weighted by molar-refractivity contribution is -0.660. The van der Waals surface area contributed by atoms with Gasteiger partial charge < -0.3 is 0 Å². The molecule has 1 nitrogen and oxygen atoms in total. The fourth-order valence-electron chi connectivity index (χ4n) is 4.85. The smallest absolute Gasteiger partial charge is 0.201 e. The first-order valence-corrected chi connectivity index (χ1v) is 11.0. The van der Waals surface area contributed by atoms with E-state index in [1.165, 1.54) is 66.9 Å². The van der Waals surface area contributed by atoms with Crippen LogP contribution >= 0.6 is 0 Å². The molecule has 4 rings (SSSR count). The van der Waals surface area contributed by atoms with Crippen molar-refractivity contribution in [3.63, 3.8) is 0 Å². The Kier molecular flexibility index (Phi) is 5.54. The molecule has 1 heteroatoms. The molecule has 0 N–H and O–H groups in total. The number of aryl methyl sites for hydroxylation is 7. The van der Waals surface area contributed by atoms with E-state index in [-0.39, 0.29) is 0 Å². The van der Waals surface area contributed by atoms with Crippen molar-refractivity contribution < 1.29 is 4.57 Å². The minimum absolute atomic E-state index is 1.25. The monoisotopic (exact) mass is 406 g/mol. The minimum Gasteiger partial charge on any atom is -0.201 e. The third-order valence-corrected chi connectivity index (χ3v) is 6.51. The van der Waals surface area contributed by atoms with Crippen molar-refractivity contribution in [2.75, 3.05) is 0 Å². The van der Waals surface area contributed by atoms with Crippen molar-refractivity contribution in [3.8, 4) is 33.5 Å². The summed E-state index contributed by atoms with van der Waals surface area (Å²) < 4.78 is 2.27. The minimum atomic E-state index is 1.25. The Morgan fingerprint density at radius 1 is 0.484 bits per heavy atom. The highest BCUT2D eigenvalue weighted by atomic mass is 14.9. The van der Waals surface area contributed by atoms with Gasteiger partial charge in [0.15, 0.2) is 6.20 Å². The van der Waals surface area contributed by atoms with Gasteiger partial charge >= 0.3 is 0 Å². The lowest BCUT2D eigenvalue weighted by Crippen LogP contribution is -2.31. The van der Waals surface area contributed by atoms with Crippen LogP contribution in [-0.4, -0.2) is 0 Å². The van der Waals surface area contributed by atoms with Gasteiger partial charge in [0.05, 0.1) is 0 Å². The molecular formula is C30H32N+. The fraction of sp³-hybridized carbons (Fsp3) is 0.233. The van der Waals surface area contributed by atoms with Crippen LogP contribution in [0.4, 0.5) is 0 Å². The average molecular weight is 407 g/mol. The van der Waals surface area contributed by atoms with Crippen LogP contribution in [-0.2, 0) is 7.05 Å². The quantitative estimate of drug-likeness (QED) is 0.313. The number of hydrogen-bond acceptors (Lipinski definition) is 0. The zero-order valence-electron chi connectivity index (χ0n) is 19.8. The molecule has 0 aliphatic carbocycles. The van der Waals surface area contributed by atoms with E-state index in [1.807, 2.05) is 0 Å². The SMILES string of the molecule is Cc1ccccc1-c1cc(-c2cc(-c3c(C)cccc3C)c(C)c[n+]2C)c(C)cc1C. The first kappa shape index (κ1) is 21.1. The second kappa shape index (κ2) is 8.15. The lowest BCUT2D eigenvalue weighted by atomic mass is 9.89. The molecule has 0 aliphatic heterocycles. The Labute approximate surface area is 187 Å². The van der Waals surface area contributed by atoms with Gasteiger partial charge in [-0.2, -0.15) is 0 Å². The van der Waals surface area contributed by atoms with Gasteiger partial charge in [-0.1, -0.05) is 48.5 Å². The van der Waals surface area contributed by atoms with Gasteiger partial charge in [0.2, 0.25) is 5.69 Å². The van der Waals surface area contributed by atoms with Gasteiger partial charge in [-0.15, -0.1) is 0 Å². The van der Waals surface area contributed by atoms with Crippen molar-refractivity contribution in [2.24, 2.45) is 7.05 Å². The van der Waals surface area contributed by atoms with E-state index in [4.69, 9.17) is 0 Å². The highest BCUT2D eigenvalue weighted by Crippen LogP contribution is 2.36. The predicted octanol–water partition coefficient (Wildman–Crippen LogP) is 7.36. The van der Waals surface area contributed by atoms with E-state index in [0.29, 0.717) is 0 Å². The molecule has 156 valence electrons. The second-order valence-electron chi connectivity index (χ2n) is 8.93. The molecule has 0 spiro atoms. The summed E-state index contributed by atoms with van der Waals surface area (Å²) in [6.07, 6.45) is 2.27. The summed E-state index contributed by atoms with van der Waals surface area (Å²) in [5.74, 6) is 0. The van der Waals surface area contributed by atoms with Crippen LogP contribution in [0.25, 0.3) is 33.5 Å². The Morgan fingerprint density at radius 2 is 1.10 bits per heavy atom. The van der Waals surface area contributed by atoms with Gasteiger partial charge in [0.1, 0.15) is 7.05 Å². The maximum atomic E-state index is 2.38. The first-order valence-electron chi connectivity index (χ1n) is 11.0. The molecule has 0 saturated heterocycles. The van der Waals surface area contributed by atoms with E-state index in [9.17, 15) is 0 Å². The van der Waals surface area contributed by atoms with E-state index < -0.39 is 0 Å². The van der Waals surface area contributed by atoms with Crippen LogP contribution < -0.4 is 4.57 Å². The van der Waals surface area contributed by atoms with Gasteiger partial charge in [0, 0.05) is 17.2 Å². The molecule has 0 fully saturated rings. The average Bonchev–Trinajstić information content (AvgIpc) is 2.71. The zero-order chi connectivity index (χ0) is 22.3. The van der Waals surface area contributed by atoms with E-state index in [0.717, 1.165) is 0 Å². The molecule has 0 saturated carbocycles. The van der Waals surface area contributed by atoms with Crippen molar-refractivity contribution in [3.05, 3.63) is 100 Å². The topological polar surface area (TPSA) is 3.88 Å². The molecule has 0 radical (unpaired) electrons. The second-order valence-corrected chi connectivity index (χ2v) is 8.93. The number of rotatable bonds is 3. The molecule has 4 aromatic rings. The van der Waals surface area contributed by atoms with Gasteiger partial charge in [-0.3, -0.25) is 0 Å². The third-order valence-electron chi connectivity index (χ3n) is 6.51. The molecule has 0 atom stereocenters.